The molecule has 2 aliphatic rings. The Morgan fingerprint density at radius 1 is 1.23 bits per heavy atom. The van der Waals surface area contributed by atoms with E-state index in [2.05, 4.69) is 10.2 Å². The number of amides is 1. The zero-order valence-corrected chi connectivity index (χ0v) is 15.2. The van der Waals surface area contributed by atoms with E-state index in [0.717, 1.165) is 52.3 Å². The largest absolute Gasteiger partial charge is 0.494 e. The molecule has 1 N–H and O–H groups in total. The standard InChI is InChI=1S/C19H28FN3O3/c20-16-2-4-18(5-3-16)26-12-1-7-22-8-10-23(11-9-22)19(24)14-17-15-25-13-6-21-17/h2-5,17,21H,1,6-15H2/t17-/m1/s1. The van der Waals surface area contributed by atoms with Crippen LogP contribution in [0, 0.1) is 5.82 Å². The summed E-state index contributed by atoms with van der Waals surface area (Å²) in [5.74, 6) is 0.658. The van der Waals surface area contributed by atoms with Crippen molar-refractivity contribution in [2.45, 2.75) is 18.9 Å². The minimum atomic E-state index is -0.253. The van der Waals surface area contributed by atoms with Gasteiger partial charge in [0.05, 0.1) is 19.8 Å². The molecule has 0 bridgehead atoms. The number of hydrogen-bond acceptors (Lipinski definition) is 5. The predicted octanol–water partition coefficient (Wildman–Crippen LogP) is 1.12. The summed E-state index contributed by atoms with van der Waals surface area (Å²) in [4.78, 5) is 16.7. The van der Waals surface area contributed by atoms with Crippen molar-refractivity contribution in [3.8, 4) is 5.75 Å². The topological polar surface area (TPSA) is 54.0 Å². The molecule has 144 valence electrons. The number of benzene rings is 1. The van der Waals surface area contributed by atoms with Gasteiger partial charge in [-0.25, -0.2) is 4.39 Å². The first-order valence-electron chi connectivity index (χ1n) is 9.40. The van der Waals surface area contributed by atoms with Gasteiger partial charge in [-0.05, 0) is 30.7 Å². The van der Waals surface area contributed by atoms with Crippen molar-refractivity contribution in [1.29, 1.82) is 0 Å². The van der Waals surface area contributed by atoms with E-state index < -0.39 is 0 Å². The fraction of sp³-hybridized carbons (Fsp3) is 0.632. The molecule has 0 unspecified atom stereocenters. The maximum absolute atomic E-state index is 12.8. The molecule has 2 heterocycles. The fourth-order valence-electron chi connectivity index (χ4n) is 3.32. The first-order valence-corrected chi connectivity index (χ1v) is 9.40. The molecular weight excluding hydrogens is 337 g/mol. The lowest BCUT2D eigenvalue weighted by atomic mass is 10.1. The van der Waals surface area contributed by atoms with Gasteiger partial charge in [0, 0.05) is 51.7 Å². The Morgan fingerprint density at radius 2 is 2.00 bits per heavy atom. The minimum absolute atomic E-state index is 0.151. The lowest BCUT2D eigenvalue weighted by Crippen LogP contribution is -2.51. The van der Waals surface area contributed by atoms with Gasteiger partial charge in [-0.1, -0.05) is 0 Å². The van der Waals surface area contributed by atoms with Crippen molar-refractivity contribution in [3.63, 3.8) is 0 Å². The molecule has 0 saturated carbocycles. The molecule has 1 aromatic rings. The van der Waals surface area contributed by atoms with Gasteiger partial charge in [0.1, 0.15) is 11.6 Å². The normalized spacial score (nSPS) is 21.6. The van der Waals surface area contributed by atoms with Crippen LogP contribution in [0.3, 0.4) is 0 Å². The number of halogens is 1. The number of rotatable bonds is 7. The Bertz CT molecular complexity index is 556. The second kappa shape index (κ2) is 9.85. The van der Waals surface area contributed by atoms with E-state index in [0.29, 0.717) is 25.4 Å². The van der Waals surface area contributed by atoms with Crippen LogP contribution in [0.2, 0.25) is 0 Å². The zero-order valence-electron chi connectivity index (χ0n) is 15.2. The van der Waals surface area contributed by atoms with Crippen LogP contribution in [0.1, 0.15) is 12.8 Å². The average Bonchev–Trinajstić information content (AvgIpc) is 2.68. The lowest BCUT2D eigenvalue weighted by molar-refractivity contribution is -0.134. The van der Waals surface area contributed by atoms with Crippen LogP contribution in [0.25, 0.3) is 0 Å². The Morgan fingerprint density at radius 3 is 2.69 bits per heavy atom. The highest BCUT2D eigenvalue weighted by Crippen LogP contribution is 2.12. The van der Waals surface area contributed by atoms with Crippen LogP contribution in [0.5, 0.6) is 5.75 Å². The number of hydrogen-bond donors (Lipinski definition) is 1. The van der Waals surface area contributed by atoms with Gasteiger partial charge >= 0.3 is 0 Å². The maximum Gasteiger partial charge on any atom is 0.224 e. The zero-order chi connectivity index (χ0) is 18.2. The molecule has 0 radical (unpaired) electrons. The summed E-state index contributed by atoms with van der Waals surface area (Å²) in [6.45, 7) is 7.10. The highest BCUT2D eigenvalue weighted by molar-refractivity contribution is 5.77. The molecule has 2 aliphatic heterocycles. The van der Waals surface area contributed by atoms with Crippen LogP contribution in [-0.4, -0.2) is 80.8 Å². The van der Waals surface area contributed by atoms with Crippen molar-refractivity contribution in [2.75, 3.05) is 59.1 Å². The Hall–Kier alpha value is -1.70. The molecule has 6 nitrogen and oxygen atoms in total. The third-order valence-corrected chi connectivity index (χ3v) is 4.85. The molecule has 26 heavy (non-hydrogen) atoms. The number of nitrogens with one attached hydrogen (secondary N) is 1. The smallest absolute Gasteiger partial charge is 0.224 e. The van der Waals surface area contributed by atoms with Crippen LogP contribution in [0.15, 0.2) is 24.3 Å². The van der Waals surface area contributed by atoms with Crippen molar-refractivity contribution in [3.05, 3.63) is 30.1 Å². The van der Waals surface area contributed by atoms with Gasteiger partial charge in [-0.3, -0.25) is 9.69 Å². The average molecular weight is 365 g/mol. The molecule has 7 heteroatoms. The Balaban J connectivity index is 1.28. The number of carbonyl (C=O) groups excluding carboxylic acids is 1. The van der Waals surface area contributed by atoms with Crippen molar-refractivity contribution in [2.24, 2.45) is 0 Å². The van der Waals surface area contributed by atoms with Crippen LogP contribution < -0.4 is 10.1 Å². The lowest BCUT2D eigenvalue weighted by Gasteiger charge is -2.35. The van der Waals surface area contributed by atoms with E-state index >= 15 is 0 Å². The molecule has 2 fully saturated rings. The van der Waals surface area contributed by atoms with Crippen molar-refractivity contribution in [1.82, 2.24) is 15.1 Å². The van der Waals surface area contributed by atoms with E-state index in [1.54, 1.807) is 12.1 Å². The maximum atomic E-state index is 12.8. The summed E-state index contributed by atoms with van der Waals surface area (Å²) in [7, 11) is 0. The molecule has 1 aromatic carbocycles. The van der Waals surface area contributed by atoms with E-state index in [-0.39, 0.29) is 17.8 Å². The predicted molar refractivity (Wildman–Crippen MR) is 96.8 cm³/mol. The second-order valence-electron chi connectivity index (χ2n) is 6.81. The Labute approximate surface area is 154 Å². The summed E-state index contributed by atoms with van der Waals surface area (Å²) >= 11 is 0. The highest BCUT2D eigenvalue weighted by Gasteiger charge is 2.24. The molecule has 3 rings (SSSR count). The minimum Gasteiger partial charge on any atom is -0.494 e. The fourth-order valence-corrected chi connectivity index (χ4v) is 3.32. The Kier molecular flexibility index (Phi) is 7.22. The van der Waals surface area contributed by atoms with Gasteiger partial charge in [0.2, 0.25) is 5.91 Å². The third-order valence-electron chi connectivity index (χ3n) is 4.85. The van der Waals surface area contributed by atoms with Gasteiger partial charge in [-0.15, -0.1) is 0 Å². The number of piperazine rings is 1. The molecule has 0 aliphatic carbocycles. The van der Waals surface area contributed by atoms with Crippen LogP contribution >= 0.6 is 0 Å². The first kappa shape index (κ1) is 19.1. The number of carbonyl (C=O) groups is 1. The van der Waals surface area contributed by atoms with Gasteiger partial charge in [0.25, 0.3) is 0 Å². The van der Waals surface area contributed by atoms with E-state index in [1.165, 1.54) is 12.1 Å². The van der Waals surface area contributed by atoms with Gasteiger partial charge in [0.15, 0.2) is 0 Å². The van der Waals surface area contributed by atoms with Crippen molar-refractivity contribution >= 4 is 5.91 Å². The monoisotopic (exact) mass is 365 g/mol. The molecule has 1 atom stereocenters. The van der Waals surface area contributed by atoms with Gasteiger partial charge < -0.3 is 19.7 Å². The van der Waals surface area contributed by atoms with Crippen LogP contribution in [0.4, 0.5) is 4.39 Å². The summed E-state index contributed by atoms with van der Waals surface area (Å²) in [6.07, 6.45) is 1.43. The number of ether oxygens (including phenoxy) is 2. The molecule has 2 saturated heterocycles. The highest BCUT2D eigenvalue weighted by atomic mass is 19.1. The van der Waals surface area contributed by atoms with Crippen molar-refractivity contribution < 1.29 is 18.7 Å². The third kappa shape index (κ3) is 5.93. The van der Waals surface area contributed by atoms with Crippen LogP contribution in [-0.2, 0) is 9.53 Å². The summed E-state index contributed by atoms with van der Waals surface area (Å²) < 4.78 is 23.9. The number of nitrogens with zero attached hydrogens (tertiary/aromatic N) is 2. The van der Waals surface area contributed by atoms with E-state index in [9.17, 15) is 9.18 Å². The second-order valence-corrected chi connectivity index (χ2v) is 6.81. The molecule has 1 amide bonds. The first-order chi connectivity index (χ1) is 12.7. The summed E-state index contributed by atoms with van der Waals surface area (Å²) in [6, 6.07) is 6.25. The molecule has 0 aromatic heterocycles. The van der Waals surface area contributed by atoms with Gasteiger partial charge in [-0.2, -0.15) is 0 Å². The quantitative estimate of drug-likeness (QED) is 0.734. The van der Waals surface area contributed by atoms with E-state index in [1.807, 2.05) is 4.90 Å². The van der Waals surface area contributed by atoms with E-state index in [4.69, 9.17) is 9.47 Å². The molecule has 0 spiro atoms. The molecular formula is C19H28FN3O3. The SMILES string of the molecule is O=C(C[C@@H]1COCCN1)N1CCN(CCCOc2ccc(F)cc2)CC1. The summed E-state index contributed by atoms with van der Waals surface area (Å²) in [5, 5.41) is 3.33. The summed E-state index contributed by atoms with van der Waals surface area (Å²) in [5.41, 5.74) is 0. The number of morpholine rings is 1.